The van der Waals surface area contributed by atoms with E-state index in [0.717, 1.165) is 56.9 Å². The van der Waals surface area contributed by atoms with E-state index in [1.807, 2.05) is 97.9 Å². The average Bonchev–Trinajstić information content (AvgIpc) is 3.14. The van der Waals surface area contributed by atoms with Crippen LogP contribution in [0, 0.1) is 6.92 Å². The zero-order valence-corrected chi connectivity index (χ0v) is 29.7. The second-order valence-corrected chi connectivity index (χ2v) is 12.8. The normalized spacial score (nSPS) is 12.7. The number of nitrogens with zero attached hydrogens (tertiary/aromatic N) is 1. The fourth-order valence-corrected chi connectivity index (χ4v) is 5.66. The second kappa shape index (κ2) is 19.3. The Bertz CT molecular complexity index is 1730. The molecule has 51 heavy (non-hydrogen) atoms. The summed E-state index contributed by atoms with van der Waals surface area (Å²) < 4.78 is 12.3. The summed E-state index contributed by atoms with van der Waals surface area (Å²) in [5.41, 5.74) is 17.8. The van der Waals surface area contributed by atoms with E-state index < -0.39 is 35.9 Å². The third-order valence-electron chi connectivity index (χ3n) is 8.92. The van der Waals surface area contributed by atoms with Crippen molar-refractivity contribution in [3.8, 4) is 22.6 Å². The number of carboxylic acid groups (broad SMARTS) is 1. The number of carbonyl (C=O) groups is 3. The molecular weight excluding hydrogens is 644 g/mol. The molecule has 0 aromatic heterocycles. The van der Waals surface area contributed by atoms with Gasteiger partial charge in [-0.1, -0.05) is 85.6 Å². The van der Waals surface area contributed by atoms with Crippen LogP contribution >= 0.6 is 0 Å². The zero-order chi connectivity index (χ0) is 36.8. The maximum atomic E-state index is 13.6. The standard InChI is InChI=1S/C41H50N4O6/c1-28-23-32(18-20-37(28)50-26-30-13-7-4-8-14-30)33-19-21-38(51-27-31-15-9-5-10-16-31)34(24-33)25-35(43)39(46)44-36(17-11-6-12-22-42)40(47)45(3)29(2)41(48)49/h4-5,7-10,13-16,18-21,23-24,29,35-36H,6,11-12,17,22,25-27,42-43H2,1-3H3,(H,44,46)(H,48,49)/t29?,35?,36-/m0/s1. The van der Waals surface area contributed by atoms with Crippen LogP contribution in [-0.2, 0) is 34.0 Å². The van der Waals surface area contributed by atoms with E-state index >= 15 is 0 Å². The molecule has 0 aliphatic rings. The van der Waals surface area contributed by atoms with Gasteiger partial charge < -0.3 is 36.3 Å². The van der Waals surface area contributed by atoms with Crippen LogP contribution in [0.5, 0.6) is 11.5 Å². The Labute approximate surface area is 300 Å². The van der Waals surface area contributed by atoms with E-state index in [1.165, 1.54) is 14.0 Å². The SMILES string of the molecule is Cc1cc(-c2ccc(OCc3ccccc3)c(CC(N)C(=O)N[C@@H](CCCCCN)C(=O)N(C)C(C)C(=O)O)c2)ccc1OCc1ccccc1. The highest BCUT2D eigenvalue weighted by Gasteiger charge is 2.30. The Balaban J connectivity index is 1.55. The van der Waals surface area contributed by atoms with Gasteiger partial charge in [-0.2, -0.15) is 0 Å². The van der Waals surface area contributed by atoms with Gasteiger partial charge in [-0.05, 0) is 90.9 Å². The lowest BCUT2D eigenvalue weighted by molar-refractivity contribution is -0.149. The van der Waals surface area contributed by atoms with Crippen molar-refractivity contribution in [1.29, 1.82) is 0 Å². The first-order valence-corrected chi connectivity index (χ1v) is 17.4. The van der Waals surface area contributed by atoms with Crippen LogP contribution in [0.4, 0.5) is 0 Å². The topological polar surface area (TPSA) is 157 Å². The van der Waals surface area contributed by atoms with Crippen LogP contribution in [0.2, 0.25) is 0 Å². The number of hydrogen-bond donors (Lipinski definition) is 4. The van der Waals surface area contributed by atoms with Crippen molar-refractivity contribution in [2.75, 3.05) is 13.6 Å². The van der Waals surface area contributed by atoms with E-state index in [-0.39, 0.29) is 6.42 Å². The van der Waals surface area contributed by atoms with Gasteiger partial charge >= 0.3 is 5.97 Å². The van der Waals surface area contributed by atoms with Crippen LogP contribution in [0.1, 0.15) is 54.9 Å². The molecule has 2 unspecified atom stereocenters. The summed E-state index contributed by atoms with van der Waals surface area (Å²) >= 11 is 0. The lowest BCUT2D eigenvalue weighted by atomic mass is 9.97. The third-order valence-corrected chi connectivity index (χ3v) is 8.92. The van der Waals surface area contributed by atoms with Crippen LogP contribution in [-0.4, -0.2) is 59.5 Å². The minimum absolute atomic E-state index is 0.135. The summed E-state index contributed by atoms with van der Waals surface area (Å²) in [4.78, 5) is 39.7. The maximum Gasteiger partial charge on any atom is 0.326 e. The summed E-state index contributed by atoms with van der Waals surface area (Å²) in [6.45, 7) is 4.74. The summed E-state index contributed by atoms with van der Waals surface area (Å²) in [6.07, 6.45) is 2.65. The number of amides is 2. The number of nitrogens with two attached hydrogens (primary N) is 2. The summed E-state index contributed by atoms with van der Waals surface area (Å²) in [6, 6.07) is 28.6. The van der Waals surface area contributed by atoms with Gasteiger partial charge in [-0.25, -0.2) is 4.79 Å². The van der Waals surface area contributed by atoms with Crippen molar-refractivity contribution < 1.29 is 29.0 Å². The van der Waals surface area contributed by atoms with Crippen LogP contribution in [0.3, 0.4) is 0 Å². The van der Waals surface area contributed by atoms with Gasteiger partial charge in [0.1, 0.15) is 36.8 Å². The van der Waals surface area contributed by atoms with Crippen molar-refractivity contribution in [1.82, 2.24) is 10.2 Å². The minimum atomic E-state index is -1.14. The van der Waals surface area contributed by atoms with Crippen LogP contribution < -0.4 is 26.3 Å². The molecule has 6 N–H and O–H groups in total. The minimum Gasteiger partial charge on any atom is -0.489 e. The van der Waals surface area contributed by atoms with E-state index in [2.05, 4.69) is 11.4 Å². The number of ether oxygens (including phenoxy) is 2. The van der Waals surface area contributed by atoms with Gasteiger partial charge in [-0.15, -0.1) is 0 Å². The molecule has 0 fully saturated rings. The lowest BCUT2D eigenvalue weighted by Crippen LogP contribution is -2.54. The first-order chi connectivity index (χ1) is 24.6. The third kappa shape index (κ3) is 11.4. The monoisotopic (exact) mass is 694 g/mol. The molecule has 10 nitrogen and oxygen atoms in total. The molecule has 10 heteroatoms. The predicted octanol–water partition coefficient (Wildman–Crippen LogP) is 5.63. The number of nitrogens with one attached hydrogen (secondary N) is 1. The molecule has 0 heterocycles. The highest BCUT2D eigenvalue weighted by Crippen LogP contribution is 2.31. The maximum absolute atomic E-state index is 13.6. The molecule has 0 aliphatic heterocycles. The van der Waals surface area contributed by atoms with Crippen molar-refractivity contribution in [3.63, 3.8) is 0 Å². The number of carboxylic acids is 1. The summed E-state index contributed by atoms with van der Waals surface area (Å²) in [7, 11) is 1.42. The number of rotatable bonds is 19. The summed E-state index contributed by atoms with van der Waals surface area (Å²) in [5, 5.41) is 12.3. The molecule has 0 saturated heterocycles. The van der Waals surface area contributed by atoms with Crippen LogP contribution in [0.15, 0.2) is 97.1 Å². The molecule has 3 atom stereocenters. The Morgan fingerprint density at radius 1 is 0.804 bits per heavy atom. The highest BCUT2D eigenvalue weighted by molar-refractivity contribution is 5.91. The van der Waals surface area contributed by atoms with Gasteiger partial charge in [0.2, 0.25) is 11.8 Å². The smallest absolute Gasteiger partial charge is 0.326 e. The van der Waals surface area contributed by atoms with Crippen molar-refractivity contribution >= 4 is 17.8 Å². The zero-order valence-electron chi connectivity index (χ0n) is 29.7. The number of hydrogen-bond acceptors (Lipinski definition) is 7. The van der Waals surface area contributed by atoms with Crippen molar-refractivity contribution in [2.45, 2.75) is 77.3 Å². The first kappa shape index (κ1) is 38.6. The van der Waals surface area contributed by atoms with E-state index in [9.17, 15) is 19.5 Å². The number of aliphatic carboxylic acids is 1. The Hall–Kier alpha value is -5.19. The highest BCUT2D eigenvalue weighted by atomic mass is 16.5. The molecule has 270 valence electrons. The second-order valence-electron chi connectivity index (χ2n) is 12.8. The molecule has 4 aromatic carbocycles. The number of carbonyl (C=O) groups excluding carboxylic acids is 2. The van der Waals surface area contributed by atoms with Gasteiger partial charge in [-0.3, -0.25) is 9.59 Å². The van der Waals surface area contributed by atoms with Gasteiger partial charge in [0, 0.05) is 13.5 Å². The van der Waals surface area contributed by atoms with Gasteiger partial charge in [0.25, 0.3) is 0 Å². The first-order valence-electron chi connectivity index (χ1n) is 17.4. The summed E-state index contributed by atoms with van der Waals surface area (Å²) in [5.74, 6) is -0.754. The fourth-order valence-electron chi connectivity index (χ4n) is 5.66. The average molecular weight is 695 g/mol. The molecule has 0 saturated carbocycles. The largest absolute Gasteiger partial charge is 0.489 e. The Kier molecular flexibility index (Phi) is 14.6. The molecule has 0 aliphatic carbocycles. The van der Waals surface area contributed by atoms with E-state index in [0.29, 0.717) is 38.3 Å². The number of aryl methyl sites for hydroxylation is 1. The molecule has 0 bridgehead atoms. The van der Waals surface area contributed by atoms with Gasteiger partial charge in [0.15, 0.2) is 0 Å². The molecule has 4 aromatic rings. The van der Waals surface area contributed by atoms with Crippen LogP contribution in [0.25, 0.3) is 11.1 Å². The number of unbranched alkanes of at least 4 members (excludes halogenated alkanes) is 2. The van der Waals surface area contributed by atoms with E-state index in [4.69, 9.17) is 20.9 Å². The fraction of sp³-hybridized carbons (Fsp3) is 0.341. The predicted molar refractivity (Wildman–Crippen MR) is 199 cm³/mol. The number of likely N-dealkylation sites (N-methyl/N-ethyl adjacent to an activating group) is 1. The van der Waals surface area contributed by atoms with Gasteiger partial charge in [0.05, 0.1) is 6.04 Å². The molecule has 2 amide bonds. The Morgan fingerprint density at radius 3 is 1.94 bits per heavy atom. The molecule has 0 radical (unpaired) electrons. The molecular formula is C41H50N4O6. The quantitative estimate of drug-likeness (QED) is 0.0921. The molecule has 0 spiro atoms. The number of benzene rings is 4. The molecule has 4 rings (SSSR count). The Morgan fingerprint density at radius 2 is 1.37 bits per heavy atom. The van der Waals surface area contributed by atoms with Crippen molar-refractivity contribution in [3.05, 3.63) is 119 Å². The van der Waals surface area contributed by atoms with E-state index in [1.54, 1.807) is 0 Å². The van der Waals surface area contributed by atoms with Crippen molar-refractivity contribution in [2.24, 2.45) is 11.5 Å². The lowest BCUT2D eigenvalue weighted by Gasteiger charge is -2.28.